The summed E-state index contributed by atoms with van der Waals surface area (Å²) in [6.45, 7) is 4.26. The highest BCUT2D eigenvalue weighted by atomic mass is 16.5. The van der Waals surface area contributed by atoms with Gasteiger partial charge < -0.3 is 14.5 Å². The maximum Gasteiger partial charge on any atom is 0.266 e. The largest absolute Gasteiger partial charge is 0.378 e. The third-order valence-electron chi connectivity index (χ3n) is 4.18. The minimum absolute atomic E-state index is 0.186. The Labute approximate surface area is 130 Å². The fourth-order valence-electron chi connectivity index (χ4n) is 2.99. The molecular weight excluding hydrogens is 278 g/mol. The van der Waals surface area contributed by atoms with E-state index in [1.165, 1.54) is 5.56 Å². The predicted octanol–water partition coefficient (Wildman–Crippen LogP) is 1.70. The fourth-order valence-corrected chi connectivity index (χ4v) is 2.99. The van der Waals surface area contributed by atoms with Crippen LogP contribution in [0.3, 0.4) is 0 Å². The van der Waals surface area contributed by atoms with Gasteiger partial charge >= 0.3 is 0 Å². The molecule has 1 fully saturated rings. The number of hydrogen-bond donors (Lipinski definition) is 0. The molecular formula is C17H19N3O2. The summed E-state index contributed by atoms with van der Waals surface area (Å²) in [4.78, 5) is 16.2. The summed E-state index contributed by atoms with van der Waals surface area (Å²) >= 11 is 0. The van der Waals surface area contributed by atoms with Crippen LogP contribution in [0, 0.1) is 11.3 Å². The molecule has 5 heteroatoms. The number of nitrogens with zero attached hydrogens (tertiary/aromatic N) is 3. The van der Waals surface area contributed by atoms with Gasteiger partial charge in [-0.3, -0.25) is 4.79 Å². The van der Waals surface area contributed by atoms with Crippen molar-refractivity contribution in [3.63, 3.8) is 0 Å². The zero-order valence-electron chi connectivity index (χ0n) is 12.7. The molecule has 22 heavy (non-hydrogen) atoms. The van der Waals surface area contributed by atoms with Crippen LogP contribution >= 0.6 is 0 Å². The van der Waals surface area contributed by atoms with Crippen LogP contribution < -0.4 is 4.90 Å². The van der Waals surface area contributed by atoms with Gasteiger partial charge in [0.15, 0.2) is 0 Å². The zero-order chi connectivity index (χ0) is 15.5. The molecule has 2 aliphatic heterocycles. The zero-order valence-corrected chi connectivity index (χ0v) is 12.7. The van der Waals surface area contributed by atoms with Gasteiger partial charge in [-0.25, -0.2) is 0 Å². The van der Waals surface area contributed by atoms with Crippen LogP contribution in [0.5, 0.6) is 0 Å². The van der Waals surface area contributed by atoms with Crippen LogP contribution in [0.15, 0.2) is 36.0 Å². The van der Waals surface area contributed by atoms with Gasteiger partial charge in [0.05, 0.1) is 13.2 Å². The average molecular weight is 297 g/mol. The maximum absolute atomic E-state index is 12.5. The minimum Gasteiger partial charge on any atom is -0.378 e. The molecule has 1 aromatic carbocycles. The Morgan fingerprint density at radius 1 is 1.36 bits per heavy atom. The average Bonchev–Trinajstić information content (AvgIpc) is 2.88. The van der Waals surface area contributed by atoms with Gasteiger partial charge in [0.2, 0.25) is 0 Å². The number of benzene rings is 1. The van der Waals surface area contributed by atoms with Gasteiger partial charge in [0, 0.05) is 31.0 Å². The Balaban J connectivity index is 1.85. The number of amides is 1. The van der Waals surface area contributed by atoms with E-state index in [9.17, 15) is 10.1 Å². The first-order chi connectivity index (χ1) is 10.7. The summed E-state index contributed by atoms with van der Waals surface area (Å²) in [6.07, 6.45) is 2.63. The number of ether oxygens (including phenoxy) is 1. The molecule has 3 rings (SSSR count). The lowest BCUT2D eigenvalue weighted by Crippen LogP contribution is -2.41. The van der Waals surface area contributed by atoms with Gasteiger partial charge in [0.1, 0.15) is 11.6 Å². The van der Waals surface area contributed by atoms with Crippen molar-refractivity contribution in [2.24, 2.45) is 0 Å². The first-order valence-corrected chi connectivity index (χ1v) is 7.56. The van der Waals surface area contributed by atoms with Crippen molar-refractivity contribution in [3.05, 3.63) is 41.6 Å². The Kier molecular flexibility index (Phi) is 4.12. The number of nitriles is 1. The molecule has 1 amide bonds. The molecule has 2 heterocycles. The van der Waals surface area contributed by atoms with Gasteiger partial charge in [-0.1, -0.05) is 18.2 Å². The van der Waals surface area contributed by atoms with E-state index in [0.29, 0.717) is 26.3 Å². The van der Waals surface area contributed by atoms with E-state index in [1.54, 1.807) is 11.1 Å². The normalized spacial score (nSPS) is 21.5. The van der Waals surface area contributed by atoms with E-state index in [-0.39, 0.29) is 17.5 Å². The lowest BCUT2D eigenvalue weighted by molar-refractivity contribution is -0.130. The number of anilines is 1. The number of hydrogen-bond acceptors (Lipinski definition) is 4. The molecule has 0 spiro atoms. The van der Waals surface area contributed by atoms with Gasteiger partial charge in [-0.15, -0.1) is 0 Å². The lowest BCUT2D eigenvalue weighted by atomic mass is 10.1. The summed E-state index contributed by atoms with van der Waals surface area (Å²) in [5, 5.41) is 9.40. The summed E-state index contributed by atoms with van der Waals surface area (Å²) in [7, 11) is 0. The molecule has 5 nitrogen and oxygen atoms in total. The molecule has 1 aromatic rings. The quantitative estimate of drug-likeness (QED) is 0.616. The van der Waals surface area contributed by atoms with Crippen molar-refractivity contribution < 1.29 is 9.53 Å². The first kappa shape index (κ1) is 14.6. The third-order valence-corrected chi connectivity index (χ3v) is 4.18. The lowest BCUT2D eigenvalue weighted by Gasteiger charge is -2.27. The first-order valence-electron chi connectivity index (χ1n) is 7.56. The second kappa shape index (κ2) is 6.20. The number of carbonyl (C=O) groups is 1. The fraction of sp³-hybridized carbons (Fsp3) is 0.412. The molecule has 1 unspecified atom stereocenters. The summed E-state index contributed by atoms with van der Waals surface area (Å²) < 4.78 is 5.25. The van der Waals surface area contributed by atoms with Gasteiger partial charge in [-0.2, -0.15) is 5.26 Å². The van der Waals surface area contributed by atoms with Gasteiger partial charge in [0.25, 0.3) is 5.91 Å². The van der Waals surface area contributed by atoms with Crippen molar-refractivity contribution in [1.29, 1.82) is 5.26 Å². The number of rotatable bonds is 2. The van der Waals surface area contributed by atoms with Crippen LogP contribution in [-0.4, -0.2) is 43.2 Å². The molecule has 0 N–H and O–H groups in total. The smallest absolute Gasteiger partial charge is 0.266 e. The Hall–Kier alpha value is -2.32. The van der Waals surface area contributed by atoms with E-state index < -0.39 is 0 Å². The monoisotopic (exact) mass is 297 g/mol. The Bertz CT molecular complexity index is 642. The highest BCUT2D eigenvalue weighted by Gasteiger charge is 2.27. The number of morpholine rings is 1. The maximum atomic E-state index is 12.5. The number of fused-ring (bicyclic) bond motifs is 1. The van der Waals surface area contributed by atoms with Crippen molar-refractivity contribution >= 4 is 11.6 Å². The molecule has 0 saturated carbocycles. The van der Waals surface area contributed by atoms with E-state index >= 15 is 0 Å². The van der Waals surface area contributed by atoms with Crippen molar-refractivity contribution in [2.75, 3.05) is 31.2 Å². The molecule has 0 aromatic heterocycles. The SMILES string of the molecule is CC1Cc2ccccc2N1/C=C(/C#N)C(=O)N1CCOCC1. The standard InChI is InChI=1S/C17H19N3O2/c1-13-10-14-4-2-3-5-16(14)20(13)12-15(11-18)17(21)19-6-8-22-9-7-19/h2-5,12-13H,6-10H2,1H3/b15-12-. The Morgan fingerprint density at radius 3 is 2.82 bits per heavy atom. The molecule has 0 radical (unpaired) electrons. The van der Waals surface area contributed by atoms with E-state index in [1.807, 2.05) is 23.1 Å². The second-order valence-electron chi connectivity index (χ2n) is 5.65. The van der Waals surface area contributed by atoms with Gasteiger partial charge in [-0.05, 0) is 25.0 Å². The molecule has 1 atom stereocenters. The highest BCUT2D eigenvalue weighted by molar-refractivity contribution is 5.97. The second-order valence-corrected chi connectivity index (χ2v) is 5.65. The third kappa shape index (κ3) is 2.70. The van der Waals surface area contributed by atoms with Crippen LogP contribution in [0.1, 0.15) is 12.5 Å². The van der Waals surface area contributed by atoms with Crippen molar-refractivity contribution in [1.82, 2.24) is 4.90 Å². The summed E-state index contributed by atoms with van der Waals surface area (Å²) in [5.41, 5.74) is 2.52. The van der Waals surface area contributed by atoms with Crippen LogP contribution in [0.2, 0.25) is 0 Å². The molecule has 114 valence electrons. The Morgan fingerprint density at radius 2 is 2.09 bits per heavy atom. The summed E-state index contributed by atoms with van der Waals surface area (Å²) in [5.74, 6) is -0.206. The number of para-hydroxylation sites is 1. The van der Waals surface area contributed by atoms with E-state index in [2.05, 4.69) is 19.1 Å². The van der Waals surface area contributed by atoms with Crippen LogP contribution in [-0.2, 0) is 16.0 Å². The number of carbonyl (C=O) groups excluding carboxylic acids is 1. The van der Waals surface area contributed by atoms with Crippen molar-refractivity contribution in [2.45, 2.75) is 19.4 Å². The minimum atomic E-state index is -0.206. The van der Waals surface area contributed by atoms with E-state index in [0.717, 1.165) is 12.1 Å². The van der Waals surface area contributed by atoms with Crippen LogP contribution in [0.25, 0.3) is 0 Å². The molecule has 0 aliphatic carbocycles. The predicted molar refractivity (Wildman–Crippen MR) is 83.2 cm³/mol. The highest BCUT2D eigenvalue weighted by Crippen LogP contribution is 2.32. The molecule has 2 aliphatic rings. The van der Waals surface area contributed by atoms with Crippen LogP contribution in [0.4, 0.5) is 5.69 Å². The molecule has 0 bridgehead atoms. The topological polar surface area (TPSA) is 56.6 Å². The molecule has 1 saturated heterocycles. The van der Waals surface area contributed by atoms with Crippen molar-refractivity contribution in [3.8, 4) is 6.07 Å². The summed E-state index contributed by atoms with van der Waals surface area (Å²) in [6, 6.07) is 10.4. The van der Waals surface area contributed by atoms with E-state index in [4.69, 9.17) is 4.74 Å².